The molecule has 36 heavy (non-hydrogen) atoms. The molecular formula is C18H15N3O12S3. The van der Waals surface area contributed by atoms with Crippen molar-refractivity contribution >= 4 is 64.1 Å². The molecular weight excluding hydrogens is 546 g/mol. The normalized spacial score (nSPS) is 12.8. The van der Waals surface area contributed by atoms with Gasteiger partial charge in [-0.15, -0.1) is 10.2 Å². The lowest BCUT2D eigenvalue weighted by Gasteiger charge is -2.14. The fourth-order valence-corrected chi connectivity index (χ4v) is 4.74. The van der Waals surface area contributed by atoms with Gasteiger partial charge in [0.05, 0.1) is 15.5 Å². The summed E-state index contributed by atoms with van der Waals surface area (Å²) in [5.74, 6) is -2.46. The molecule has 15 nitrogen and oxygen atoms in total. The highest BCUT2D eigenvalue weighted by Crippen LogP contribution is 2.45. The SMILES string of the molecule is CC(=O)Nc1cc(S(=O)(=O)O)cc2cc(S(=O)(=O)O)c(N=Nc3cc(S(=O)(=O)O)ccc3O)c(O)c12. The number of azo groups is 1. The van der Waals surface area contributed by atoms with E-state index in [0.29, 0.717) is 12.1 Å². The number of phenols is 2. The molecule has 0 aromatic heterocycles. The molecule has 1 amide bonds. The van der Waals surface area contributed by atoms with Gasteiger partial charge < -0.3 is 15.5 Å². The number of carbonyl (C=O) groups is 1. The molecule has 0 saturated heterocycles. The van der Waals surface area contributed by atoms with E-state index >= 15 is 0 Å². The molecule has 0 aliphatic heterocycles. The molecule has 0 unspecified atom stereocenters. The number of hydrogen-bond donors (Lipinski definition) is 6. The molecule has 0 bridgehead atoms. The molecule has 3 aromatic carbocycles. The fourth-order valence-electron chi connectivity index (χ4n) is 3.04. The van der Waals surface area contributed by atoms with Crippen LogP contribution in [0.1, 0.15) is 6.92 Å². The summed E-state index contributed by atoms with van der Waals surface area (Å²) >= 11 is 0. The highest BCUT2D eigenvalue weighted by atomic mass is 32.2. The minimum absolute atomic E-state index is 0.380. The molecule has 0 fully saturated rings. The van der Waals surface area contributed by atoms with Crippen molar-refractivity contribution < 1.29 is 53.9 Å². The van der Waals surface area contributed by atoms with Crippen LogP contribution in [0, 0.1) is 0 Å². The summed E-state index contributed by atoms with van der Waals surface area (Å²) in [6.07, 6.45) is 0. The van der Waals surface area contributed by atoms with E-state index in [9.17, 15) is 49.4 Å². The molecule has 0 radical (unpaired) electrons. The molecule has 6 N–H and O–H groups in total. The maximum Gasteiger partial charge on any atom is 0.296 e. The predicted molar refractivity (Wildman–Crippen MR) is 122 cm³/mol. The van der Waals surface area contributed by atoms with Crippen molar-refractivity contribution in [3.8, 4) is 11.5 Å². The lowest BCUT2D eigenvalue weighted by atomic mass is 10.1. The second kappa shape index (κ2) is 9.08. The topological polar surface area (TPSA) is 257 Å². The monoisotopic (exact) mass is 561 g/mol. The van der Waals surface area contributed by atoms with Gasteiger partial charge in [-0.25, -0.2) is 0 Å². The molecule has 0 spiro atoms. The standard InChI is InChI=1S/C18H15N3O12S3/c1-8(22)19-13-7-11(35(28,29)30)4-9-5-15(36(31,32)33)17(18(24)16(9)13)21-20-12-6-10(34(25,26)27)2-3-14(12)23/h2-7,23-24H,1H3,(H,19,22)(H,25,26,27)(H,28,29,30)(H,31,32,33). The Morgan fingerprint density at radius 1 is 0.806 bits per heavy atom. The van der Waals surface area contributed by atoms with Crippen LogP contribution >= 0.6 is 0 Å². The molecule has 0 heterocycles. The van der Waals surface area contributed by atoms with Gasteiger partial charge in [0.25, 0.3) is 30.4 Å². The van der Waals surface area contributed by atoms with Crippen molar-refractivity contribution in [3.05, 3.63) is 36.4 Å². The first-order valence-corrected chi connectivity index (χ1v) is 13.5. The number of amides is 1. The van der Waals surface area contributed by atoms with Gasteiger partial charge in [0.1, 0.15) is 22.0 Å². The smallest absolute Gasteiger partial charge is 0.296 e. The van der Waals surface area contributed by atoms with Crippen LogP contribution in [0.5, 0.6) is 11.5 Å². The fraction of sp³-hybridized carbons (Fsp3) is 0.0556. The number of nitrogens with zero attached hydrogens (tertiary/aromatic N) is 2. The van der Waals surface area contributed by atoms with E-state index in [1.54, 1.807) is 0 Å². The molecule has 0 aliphatic rings. The van der Waals surface area contributed by atoms with Crippen molar-refractivity contribution in [2.75, 3.05) is 5.32 Å². The number of anilines is 1. The zero-order valence-corrected chi connectivity index (χ0v) is 20.1. The van der Waals surface area contributed by atoms with Gasteiger partial charge in [0.15, 0.2) is 5.75 Å². The van der Waals surface area contributed by atoms with Gasteiger partial charge in [-0.05, 0) is 41.8 Å². The Labute approximate surface area is 203 Å². The van der Waals surface area contributed by atoms with Gasteiger partial charge >= 0.3 is 0 Å². The Morgan fingerprint density at radius 2 is 1.42 bits per heavy atom. The van der Waals surface area contributed by atoms with Crippen LogP contribution in [0.2, 0.25) is 0 Å². The average Bonchev–Trinajstić information content (AvgIpc) is 2.70. The zero-order valence-electron chi connectivity index (χ0n) is 17.7. The van der Waals surface area contributed by atoms with Gasteiger partial charge in [-0.3, -0.25) is 18.5 Å². The third kappa shape index (κ3) is 5.58. The van der Waals surface area contributed by atoms with Gasteiger partial charge in [-0.1, -0.05) is 0 Å². The minimum atomic E-state index is -5.19. The van der Waals surface area contributed by atoms with Gasteiger partial charge in [0.2, 0.25) is 5.91 Å². The van der Waals surface area contributed by atoms with Crippen LogP contribution in [0.15, 0.2) is 61.3 Å². The molecule has 3 rings (SSSR count). The average molecular weight is 562 g/mol. The first-order chi connectivity index (χ1) is 16.4. The van der Waals surface area contributed by atoms with Crippen LogP contribution in [0.25, 0.3) is 10.8 Å². The van der Waals surface area contributed by atoms with Crippen LogP contribution < -0.4 is 5.32 Å². The van der Waals surface area contributed by atoms with E-state index in [2.05, 4.69) is 15.5 Å². The Hall–Kier alpha value is -3.68. The third-order valence-corrected chi connectivity index (χ3v) is 7.06. The van der Waals surface area contributed by atoms with E-state index < -0.39 is 79.5 Å². The summed E-state index contributed by atoms with van der Waals surface area (Å²) in [7, 11) is -14.8. The number of hydrogen-bond acceptors (Lipinski definition) is 11. The summed E-state index contributed by atoms with van der Waals surface area (Å²) in [5.41, 5.74) is -1.96. The third-order valence-electron chi connectivity index (χ3n) is 4.51. The lowest BCUT2D eigenvalue weighted by Crippen LogP contribution is -2.08. The second-order valence-electron chi connectivity index (χ2n) is 7.10. The summed E-state index contributed by atoms with van der Waals surface area (Å²) < 4.78 is 98.1. The van der Waals surface area contributed by atoms with E-state index in [0.717, 1.165) is 31.2 Å². The van der Waals surface area contributed by atoms with Crippen molar-refractivity contribution in [2.24, 2.45) is 10.2 Å². The number of rotatable bonds is 6. The number of carbonyl (C=O) groups excluding carboxylic acids is 1. The van der Waals surface area contributed by atoms with Crippen molar-refractivity contribution in [1.29, 1.82) is 0 Å². The lowest BCUT2D eigenvalue weighted by molar-refractivity contribution is -0.114. The molecule has 0 saturated carbocycles. The zero-order chi connectivity index (χ0) is 27.2. The van der Waals surface area contributed by atoms with Crippen molar-refractivity contribution in [2.45, 2.75) is 21.6 Å². The predicted octanol–water partition coefficient (Wildman–Crippen LogP) is 2.36. The van der Waals surface area contributed by atoms with Crippen LogP contribution in [-0.2, 0) is 35.1 Å². The van der Waals surface area contributed by atoms with Crippen molar-refractivity contribution in [3.63, 3.8) is 0 Å². The number of aromatic hydroxyl groups is 2. The maximum atomic E-state index is 12.0. The first-order valence-electron chi connectivity index (χ1n) is 9.18. The van der Waals surface area contributed by atoms with E-state index in [1.807, 2.05) is 0 Å². The van der Waals surface area contributed by atoms with E-state index in [1.165, 1.54) is 0 Å². The Morgan fingerprint density at radius 3 is 1.94 bits per heavy atom. The summed E-state index contributed by atoms with van der Waals surface area (Å²) in [4.78, 5) is 9.01. The van der Waals surface area contributed by atoms with Crippen LogP contribution in [0.3, 0.4) is 0 Å². The van der Waals surface area contributed by atoms with Gasteiger partial charge in [0, 0.05) is 12.3 Å². The number of benzene rings is 3. The van der Waals surface area contributed by atoms with Crippen LogP contribution in [0.4, 0.5) is 17.1 Å². The highest BCUT2D eigenvalue weighted by Gasteiger charge is 2.26. The number of fused-ring (bicyclic) bond motifs is 1. The van der Waals surface area contributed by atoms with Crippen LogP contribution in [-0.4, -0.2) is 55.0 Å². The number of phenolic OH excluding ortho intramolecular Hbond substituents is 2. The maximum absolute atomic E-state index is 12.0. The molecule has 18 heteroatoms. The number of nitrogens with one attached hydrogen (secondary N) is 1. The highest BCUT2D eigenvalue weighted by molar-refractivity contribution is 7.86. The Bertz CT molecular complexity index is 1780. The Kier molecular flexibility index (Phi) is 6.79. The van der Waals surface area contributed by atoms with E-state index in [-0.39, 0.29) is 10.8 Å². The summed E-state index contributed by atoms with van der Waals surface area (Å²) in [6, 6.07) is 4.48. The van der Waals surface area contributed by atoms with Gasteiger partial charge in [-0.2, -0.15) is 25.3 Å². The molecule has 192 valence electrons. The minimum Gasteiger partial charge on any atom is -0.506 e. The molecule has 0 atom stereocenters. The quantitative estimate of drug-likeness (QED) is 0.187. The second-order valence-corrected chi connectivity index (χ2v) is 11.3. The summed E-state index contributed by atoms with van der Waals surface area (Å²) in [6.45, 7) is 1.03. The summed E-state index contributed by atoms with van der Waals surface area (Å²) in [5, 5.41) is 29.1. The van der Waals surface area contributed by atoms with Crippen molar-refractivity contribution in [1.82, 2.24) is 0 Å². The molecule has 3 aromatic rings. The van der Waals surface area contributed by atoms with E-state index in [4.69, 9.17) is 4.55 Å². The molecule has 0 aliphatic carbocycles. The first kappa shape index (κ1) is 26.9. The Balaban J connectivity index is 2.40. The largest absolute Gasteiger partial charge is 0.506 e.